The SMILES string of the molecule is COc1ccccc1COCCCOc1ccc(C2CCN(C(=O)O)CC2OCC2N(CCOS(=O)(=O)c3ccc(C)cc3)c3ccccc3C2(C)C)cc1. The van der Waals surface area contributed by atoms with E-state index in [0.29, 0.717) is 45.9 Å². The number of ether oxygens (including phenoxy) is 4. The van der Waals surface area contributed by atoms with Crippen molar-refractivity contribution in [3.8, 4) is 11.5 Å². The van der Waals surface area contributed by atoms with Crippen LogP contribution in [0.2, 0.25) is 0 Å². The number of benzene rings is 4. The Hall–Kier alpha value is -4.62. The number of hydrogen-bond acceptors (Lipinski definition) is 9. The summed E-state index contributed by atoms with van der Waals surface area (Å²) >= 11 is 0. The van der Waals surface area contributed by atoms with Crippen LogP contribution in [0.15, 0.2) is 102 Å². The van der Waals surface area contributed by atoms with Gasteiger partial charge in [-0.2, -0.15) is 8.42 Å². The minimum atomic E-state index is -3.94. The molecule has 2 heterocycles. The van der Waals surface area contributed by atoms with Crippen LogP contribution < -0.4 is 14.4 Å². The molecule has 1 saturated heterocycles. The fourth-order valence-electron chi connectivity index (χ4n) is 7.62. The van der Waals surface area contributed by atoms with E-state index in [-0.39, 0.29) is 35.4 Å². The van der Waals surface area contributed by atoms with E-state index in [2.05, 4.69) is 24.8 Å². The third-order valence-corrected chi connectivity index (χ3v) is 12.1. The molecule has 3 atom stereocenters. The van der Waals surface area contributed by atoms with Crippen LogP contribution in [0.1, 0.15) is 54.9 Å². The molecule has 12 heteroatoms. The molecule has 2 aliphatic heterocycles. The van der Waals surface area contributed by atoms with Gasteiger partial charge >= 0.3 is 6.09 Å². The molecule has 11 nitrogen and oxygen atoms in total. The van der Waals surface area contributed by atoms with E-state index in [1.165, 1.54) is 4.90 Å². The average molecular weight is 773 g/mol. The molecular weight excluding hydrogens is 721 g/mol. The van der Waals surface area contributed by atoms with Crippen LogP contribution >= 0.6 is 0 Å². The summed E-state index contributed by atoms with van der Waals surface area (Å²) < 4.78 is 55.5. The van der Waals surface area contributed by atoms with Crippen molar-refractivity contribution in [3.63, 3.8) is 0 Å². The number of piperidine rings is 1. The number of likely N-dealkylation sites (tertiary alicyclic amines) is 1. The maximum atomic E-state index is 13.0. The van der Waals surface area contributed by atoms with Gasteiger partial charge in [0.15, 0.2) is 0 Å². The summed E-state index contributed by atoms with van der Waals surface area (Å²) in [5.41, 5.74) is 4.82. The van der Waals surface area contributed by atoms with Gasteiger partial charge in [0.25, 0.3) is 10.1 Å². The maximum absolute atomic E-state index is 13.0. The second kappa shape index (κ2) is 17.9. The fourth-order valence-corrected chi connectivity index (χ4v) is 8.52. The lowest BCUT2D eigenvalue weighted by Crippen LogP contribution is -2.50. The zero-order chi connectivity index (χ0) is 39.0. The molecule has 1 fully saturated rings. The zero-order valence-electron chi connectivity index (χ0n) is 32.1. The van der Waals surface area contributed by atoms with Crippen molar-refractivity contribution >= 4 is 21.9 Å². The number of carboxylic acid groups (broad SMARTS) is 1. The van der Waals surface area contributed by atoms with Gasteiger partial charge in [0.05, 0.1) is 63.7 Å². The highest BCUT2D eigenvalue weighted by Crippen LogP contribution is 2.45. The largest absolute Gasteiger partial charge is 0.496 e. The molecule has 0 radical (unpaired) electrons. The second-order valence-corrected chi connectivity index (χ2v) is 16.3. The Morgan fingerprint density at radius 2 is 1.64 bits per heavy atom. The number of nitrogens with zero attached hydrogens (tertiary/aromatic N) is 2. The summed E-state index contributed by atoms with van der Waals surface area (Å²) in [7, 11) is -2.28. The van der Waals surface area contributed by atoms with Crippen LogP contribution in [-0.4, -0.2) is 89.8 Å². The van der Waals surface area contributed by atoms with Crippen molar-refractivity contribution in [2.45, 2.75) is 68.6 Å². The Balaban J connectivity index is 1.08. The van der Waals surface area contributed by atoms with E-state index in [1.807, 2.05) is 73.7 Å². The number of aryl methyl sites for hydroxylation is 1. The van der Waals surface area contributed by atoms with E-state index in [0.717, 1.165) is 45.9 Å². The lowest BCUT2D eigenvalue weighted by Gasteiger charge is -2.40. The number of para-hydroxylation sites is 2. The normalized spacial score (nSPS) is 19.2. The highest BCUT2D eigenvalue weighted by Gasteiger charge is 2.45. The third kappa shape index (κ3) is 9.61. The average Bonchev–Trinajstić information content (AvgIpc) is 3.40. The monoisotopic (exact) mass is 772 g/mol. The van der Waals surface area contributed by atoms with E-state index in [1.54, 1.807) is 31.4 Å². The van der Waals surface area contributed by atoms with Gasteiger partial charge in [-0.1, -0.05) is 80.1 Å². The Morgan fingerprint density at radius 1 is 0.909 bits per heavy atom. The molecular formula is C43H52N2O9S. The van der Waals surface area contributed by atoms with Gasteiger partial charge in [0.2, 0.25) is 0 Å². The number of hydrogen-bond donors (Lipinski definition) is 1. The lowest BCUT2D eigenvalue weighted by molar-refractivity contribution is -0.0216. The number of fused-ring (bicyclic) bond motifs is 1. The molecule has 6 rings (SSSR count). The van der Waals surface area contributed by atoms with E-state index < -0.39 is 22.3 Å². The van der Waals surface area contributed by atoms with Crippen LogP contribution in [0.3, 0.4) is 0 Å². The van der Waals surface area contributed by atoms with Gasteiger partial charge in [0, 0.05) is 42.1 Å². The minimum Gasteiger partial charge on any atom is -0.496 e. The molecule has 55 heavy (non-hydrogen) atoms. The molecule has 4 aromatic carbocycles. The molecule has 0 bridgehead atoms. The summed E-state index contributed by atoms with van der Waals surface area (Å²) in [6.07, 6.45) is -0.0156. The zero-order valence-corrected chi connectivity index (χ0v) is 32.9. The summed E-state index contributed by atoms with van der Waals surface area (Å²) in [6.45, 7) is 9.00. The molecule has 4 aromatic rings. The first-order chi connectivity index (χ1) is 26.5. The molecule has 1 amide bonds. The van der Waals surface area contributed by atoms with Gasteiger partial charge < -0.3 is 33.9 Å². The summed E-state index contributed by atoms with van der Waals surface area (Å²) in [5.74, 6) is 1.53. The van der Waals surface area contributed by atoms with Crippen molar-refractivity contribution in [2.24, 2.45) is 0 Å². The number of anilines is 1. The van der Waals surface area contributed by atoms with Crippen LogP contribution in [0.25, 0.3) is 0 Å². The van der Waals surface area contributed by atoms with Gasteiger partial charge in [-0.15, -0.1) is 0 Å². The van der Waals surface area contributed by atoms with Crippen LogP contribution in [-0.2, 0) is 35.8 Å². The number of rotatable bonds is 17. The first kappa shape index (κ1) is 40.1. The van der Waals surface area contributed by atoms with E-state index >= 15 is 0 Å². The summed E-state index contributed by atoms with van der Waals surface area (Å²) in [4.78, 5) is 15.8. The maximum Gasteiger partial charge on any atom is 0.407 e. The Kier molecular flexibility index (Phi) is 13.0. The highest BCUT2D eigenvalue weighted by atomic mass is 32.2. The Labute approximate surface area is 324 Å². The summed E-state index contributed by atoms with van der Waals surface area (Å²) in [5, 5.41) is 9.92. The van der Waals surface area contributed by atoms with Crippen LogP contribution in [0.5, 0.6) is 11.5 Å². The van der Waals surface area contributed by atoms with Crippen LogP contribution in [0.4, 0.5) is 10.5 Å². The molecule has 0 saturated carbocycles. The molecule has 1 N–H and O–H groups in total. The van der Waals surface area contributed by atoms with Gasteiger partial charge in [-0.3, -0.25) is 4.18 Å². The van der Waals surface area contributed by atoms with Crippen molar-refractivity contribution in [1.82, 2.24) is 4.90 Å². The quantitative estimate of drug-likeness (QED) is 0.0857. The number of amides is 1. The van der Waals surface area contributed by atoms with Gasteiger partial charge in [-0.25, -0.2) is 4.79 Å². The Morgan fingerprint density at radius 3 is 2.38 bits per heavy atom. The smallest absolute Gasteiger partial charge is 0.407 e. The molecule has 2 aliphatic rings. The van der Waals surface area contributed by atoms with Crippen molar-refractivity contribution in [2.75, 3.05) is 58.1 Å². The molecule has 0 aliphatic carbocycles. The Bertz CT molecular complexity index is 1990. The third-order valence-electron chi connectivity index (χ3n) is 10.8. The molecule has 0 aromatic heterocycles. The predicted octanol–water partition coefficient (Wildman–Crippen LogP) is 7.41. The highest BCUT2D eigenvalue weighted by molar-refractivity contribution is 7.86. The van der Waals surface area contributed by atoms with Crippen molar-refractivity contribution in [3.05, 3.63) is 119 Å². The fraction of sp³-hybridized carbons (Fsp3) is 0.419. The van der Waals surface area contributed by atoms with Gasteiger partial charge in [0.1, 0.15) is 11.5 Å². The number of methoxy groups -OCH3 is 1. The summed E-state index contributed by atoms with van der Waals surface area (Å²) in [6, 6.07) is 30.4. The standard InChI is InChI=1S/C43H52N2O9S/c1-31-14-20-35(21-15-31)55(48,49)54-27-24-45-38-12-7-6-11-37(38)43(2,3)41(45)30-53-40-28-44(42(46)47)23-22-36(40)32-16-18-34(19-17-32)52-26-9-25-51-29-33-10-5-8-13-39(33)50-4/h5-8,10-21,36,40-41H,9,22-30H2,1-4H3,(H,46,47). The minimum absolute atomic E-state index is 0.0312. The predicted molar refractivity (Wildman–Crippen MR) is 211 cm³/mol. The second-order valence-electron chi connectivity index (χ2n) is 14.7. The molecule has 3 unspecified atom stereocenters. The van der Waals surface area contributed by atoms with Gasteiger partial charge in [-0.05, 0) is 60.9 Å². The molecule has 294 valence electrons. The lowest BCUT2D eigenvalue weighted by atomic mass is 9.80. The molecule has 0 spiro atoms. The first-order valence-corrected chi connectivity index (χ1v) is 20.2. The van der Waals surface area contributed by atoms with Crippen molar-refractivity contribution < 1.29 is 41.4 Å². The topological polar surface area (TPSA) is 124 Å². The van der Waals surface area contributed by atoms with Crippen molar-refractivity contribution in [1.29, 1.82) is 0 Å². The van der Waals surface area contributed by atoms with E-state index in [9.17, 15) is 18.3 Å². The first-order valence-electron chi connectivity index (χ1n) is 18.8. The van der Waals surface area contributed by atoms with Crippen LogP contribution in [0, 0.1) is 6.92 Å². The van der Waals surface area contributed by atoms with E-state index in [4.69, 9.17) is 23.1 Å². The number of carbonyl (C=O) groups is 1.